The second kappa shape index (κ2) is 7.05. The predicted octanol–water partition coefficient (Wildman–Crippen LogP) is 3.22. The minimum Gasteiger partial charge on any atom is -0.457 e. The Morgan fingerprint density at radius 1 is 1.16 bits per heavy atom. The van der Waals surface area contributed by atoms with Gasteiger partial charge in [0.05, 0.1) is 22.9 Å². The van der Waals surface area contributed by atoms with E-state index in [1.807, 2.05) is 40.9 Å². The molecule has 3 N–H and O–H groups in total. The number of hydrogen-bond donors (Lipinski definition) is 2. The molecule has 0 saturated heterocycles. The van der Waals surface area contributed by atoms with Crippen molar-refractivity contribution in [2.75, 3.05) is 5.32 Å². The third kappa shape index (κ3) is 2.94. The van der Waals surface area contributed by atoms with E-state index in [1.165, 1.54) is 0 Å². The Morgan fingerprint density at radius 3 is 2.68 bits per heavy atom. The Hall–Kier alpha value is -2.93. The lowest BCUT2D eigenvalue weighted by Gasteiger charge is -2.34. The molecule has 0 radical (unpaired) electrons. The van der Waals surface area contributed by atoms with Crippen LogP contribution in [0, 0.1) is 0 Å². The molecule has 3 aliphatic carbocycles. The van der Waals surface area contributed by atoms with Crippen LogP contribution in [0.4, 0.5) is 5.82 Å². The molecular formula is C24H27N5O2. The summed E-state index contributed by atoms with van der Waals surface area (Å²) in [6.45, 7) is 0. The van der Waals surface area contributed by atoms with E-state index in [0.29, 0.717) is 18.0 Å². The summed E-state index contributed by atoms with van der Waals surface area (Å²) in [5, 5.41) is 8.22. The maximum absolute atomic E-state index is 12.9. The molecule has 0 amide bonds. The molecule has 7 nitrogen and oxygen atoms in total. The Bertz CT molecular complexity index is 1130. The molecule has 6 rings (SSSR count). The molecule has 2 heterocycles. The number of nitrogens with one attached hydrogen (secondary N) is 1. The molecule has 160 valence electrons. The maximum atomic E-state index is 12.9. The zero-order valence-corrected chi connectivity index (χ0v) is 17.5. The van der Waals surface area contributed by atoms with Gasteiger partial charge in [-0.05, 0) is 37.8 Å². The van der Waals surface area contributed by atoms with E-state index in [2.05, 4.69) is 10.4 Å². The van der Waals surface area contributed by atoms with E-state index in [9.17, 15) is 4.79 Å². The molecule has 1 unspecified atom stereocenters. The number of rotatable bonds is 4. The summed E-state index contributed by atoms with van der Waals surface area (Å²) < 4.78 is 8.08. The lowest BCUT2D eigenvalue weighted by Crippen LogP contribution is -2.45. The second-order valence-corrected chi connectivity index (χ2v) is 9.29. The van der Waals surface area contributed by atoms with E-state index >= 15 is 0 Å². The van der Waals surface area contributed by atoms with Crippen LogP contribution in [0.5, 0.6) is 0 Å². The van der Waals surface area contributed by atoms with Crippen molar-refractivity contribution < 1.29 is 9.53 Å². The van der Waals surface area contributed by atoms with Gasteiger partial charge in [-0.1, -0.05) is 31.0 Å². The smallest absolute Gasteiger partial charge is 0.338 e. The number of nitrogens with two attached hydrogens (primary N) is 1. The van der Waals surface area contributed by atoms with E-state index in [1.54, 1.807) is 6.20 Å². The fourth-order valence-corrected chi connectivity index (χ4v) is 5.73. The normalized spacial score (nSPS) is 26.0. The van der Waals surface area contributed by atoms with Crippen LogP contribution in [-0.4, -0.2) is 38.8 Å². The average Bonchev–Trinajstić information content (AvgIpc) is 3.49. The van der Waals surface area contributed by atoms with Gasteiger partial charge in [0.2, 0.25) is 0 Å². The Kier molecular flexibility index (Phi) is 4.28. The minimum atomic E-state index is -0.256. The van der Waals surface area contributed by atoms with Crippen LogP contribution >= 0.6 is 0 Å². The Balaban J connectivity index is 1.40. The van der Waals surface area contributed by atoms with Gasteiger partial charge in [0.1, 0.15) is 11.9 Å². The van der Waals surface area contributed by atoms with Crippen molar-refractivity contribution in [3.05, 3.63) is 59.4 Å². The predicted molar refractivity (Wildman–Crippen MR) is 117 cm³/mol. The maximum Gasteiger partial charge on any atom is 0.338 e. The van der Waals surface area contributed by atoms with Crippen LogP contribution in [0.15, 0.2) is 42.6 Å². The third-order valence-electron chi connectivity index (χ3n) is 7.38. The summed E-state index contributed by atoms with van der Waals surface area (Å²) in [7, 11) is 0. The van der Waals surface area contributed by atoms with Gasteiger partial charge in [0, 0.05) is 30.1 Å². The zero-order chi connectivity index (χ0) is 21.0. The summed E-state index contributed by atoms with van der Waals surface area (Å²) in [5.41, 5.74) is 9.48. The van der Waals surface area contributed by atoms with Crippen molar-refractivity contribution in [1.29, 1.82) is 0 Å². The number of aromatic nitrogens is 3. The Morgan fingerprint density at radius 2 is 1.94 bits per heavy atom. The third-order valence-corrected chi connectivity index (χ3v) is 7.38. The van der Waals surface area contributed by atoms with Crippen LogP contribution < -0.4 is 11.1 Å². The van der Waals surface area contributed by atoms with Crippen LogP contribution in [0.3, 0.4) is 0 Å². The highest BCUT2D eigenvalue weighted by Crippen LogP contribution is 2.52. The van der Waals surface area contributed by atoms with Gasteiger partial charge in [-0.3, -0.25) is 0 Å². The molecule has 0 bridgehead atoms. The molecule has 1 aromatic carbocycles. The molecule has 3 aliphatic rings. The summed E-state index contributed by atoms with van der Waals surface area (Å²) in [5.74, 6) is 0.736. The minimum absolute atomic E-state index is 0.207. The number of carbonyl (C=O) groups excluding carboxylic acids is 1. The number of anilines is 1. The standard InChI is InChI=1S/C24H27N5O2/c25-16-12-17(13-16)27-22-18-14-19(31-23(30)15-6-2-1-3-7-15)24(9-4-5-10-24)21(18)28-20-8-11-26-29(20)22/h1-3,6-8,11,16-17,19,27H,4-5,9-10,12-14,25H2. The molecule has 2 saturated carbocycles. The van der Waals surface area contributed by atoms with Crippen molar-refractivity contribution >= 4 is 17.4 Å². The number of nitrogens with zero attached hydrogens (tertiary/aromatic N) is 3. The van der Waals surface area contributed by atoms with Gasteiger partial charge in [-0.15, -0.1) is 0 Å². The number of hydrogen-bond acceptors (Lipinski definition) is 6. The molecule has 2 fully saturated rings. The largest absolute Gasteiger partial charge is 0.457 e. The highest BCUT2D eigenvalue weighted by Gasteiger charge is 2.53. The first-order valence-corrected chi connectivity index (χ1v) is 11.3. The first-order valence-electron chi connectivity index (χ1n) is 11.3. The van der Waals surface area contributed by atoms with Crippen molar-refractivity contribution in [3.63, 3.8) is 0 Å². The molecule has 7 heteroatoms. The van der Waals surface area contributed by atoms with Gasteiger partial charge in [-0.2, -0.15) is 9.61 Å². The highest BCUT2D eigenvalue weighted by molar-refractivity contribution is 5.89. The summed E-state index contributed by atoms with van der Waals surface area (Å²) >= 11 is 0. The monoisotopic (exact) mass is 417 g/mol. The number of fused-ring (bicyclic) bond motifs is 3. The molecule has 1 atom stereocenters. The molecule has 3 aromatic rings. The van der Waals surface area contributed by atoms with Gasteiger partial charge in [0.25, 0.3) is 0 Å². The van der Waals surface area contributed by atoms with Crippen LogP contribution in [0.2, 0.25) is 0 Å². The zero-order valence-electron chi connectivity index (χ0n) is 17.5. The fourth-order valence-electron chi connectivity index (χ4n) is 5.73. The summed E-state index contributed by atoms with van der Waals surface area (Å²) in [4.78, 5) is 18.0. The average molecular weight is 418 g/mol. The van der Waals surface area contributed by atoms with Crippen molar-refractivity contribution in [2.45, 2.75) is 68.5 Å². The first kappa shape index (κ1) is 18.8. The number of ether oxygens (including phenoxy) is 1. The van der Waals surface area contributed by atoms with E-state index in [4.69, 9.17) is 15.5 Å². The van der Waals surface area contributed by atoms with E-state index in [-0.39, 0.29) is 23.5 Å². The van der Waals surface area contributed by atoms with Crippen LogP contribution in [-0.2, 0) is 16.6 Å². The first-order chi connectivity index (χ1) is 15.1. The van der Waals surface area contributed by atoms with Crippen LogP contribution in [0.25, 0.3) is 5.65 Å². The van der Waals surface area contributed by atoms with Gasteiger partial charge in [-0.25, -0.2) is 9.78 Å². The summed E-state index contributed by atoms with van der Waals surface area (Å²) in [6.07, 6.45) is 8.42. The van der Waals surface area contributed by atoms with Crippen molar-refractivity contribution in [1.82, 2.24) is 14.6 Å². The second-order valence-electron chi connectivity index (χ2n) is 9.29. The topological polar surface area (TPSA) is 94.5 Å². The number of carbonyl (C=O) groups is 1. The summed E-state index contributed by atoms with van der Waals surface area (Å²) in [6, 6.07) is 11.8. The fraction of sp³-hybridized carbons (Fsp3) is 0.458. The van der Waals surface area contributed by atoms with Gasteiger partial charge >= 0.3 is 5.97 Å². The molecule has 0 aliphatic heterocycles. The lowest BCUT2D eigenvalue weighted by molar-refractivity contribution is 0.0108. The van der Waals surface area contributed by atoms with E-state index < -0.39 is 0 Å². The SMILES string of the molecule is NC1CC(Nc2c3c(nc4ccnn24)C2(CCCC2)C(OC(=O)c2ccccc2)C3)C1. The molecule has 1 spiro atoms. The van der Waals surface area contributed by atoms with Crippen molar-refractivity contribution in [3.8, 4) is 0 Å². The Labute approximate surface area is 181 Å². The number of esters is 1. The van der Waals surface area contributed by atoms with Gasteiger partial charge in [0.15, 0.2) is 5.65 Å². The van der Waals surface area contributed by atoms with Crippen LogP contribution in [0.1, 0.15) is 60.1 Å². The number of benzene rings is 1. The highest BCUT2D eigenvalue weighted by atomic mass is 16.5. The van der Waals surface area contributed by atoms with Gasteiger partial charge < -0.3 is 15.8 Å². The quantitative estimate of drug-likeness (QED) is 0.633. The molecule has 31 heavy (non-hydrogen) atoms. The van der Waals surface area contributed by atoms with Crippen molar-refractivity contribution in [2.24, 2.45) is 5.73 Å². The van der Waals surface area contributed by atoms with E-state index in [0.717, 1.165) is 61.2 Å². The lowest BCUT2D eigenvalue weighted by atomic mass is 9.81. The molecule has 2 aromatic heterocycles. The molecular weight excluding hydrogens is 390 g/mol.